The standard InChI is InChI=1S/C71H122N11O16P/c1-26-52-67(90)76(19)39-56(83)77(20)53(36-41(4)5)64(87)75-57(44(10)11)69(92)78(21)54(37-42(6)7)63(86)72-48(17)62(85)73-49(18)66(89)79(22)55(38-43(8)9)68(91)80(23)58(45(12)13)70(93)81(24)59(46(14)15)71(94)82(25)60(65(88)74-52)61(84)47(16)30-29-31-50-32-34-51(35-33-50)96-40-99(95,97-27-2)98-28-3/h29,31-35,41-49,52-55,57-61,84H,26-28,30,36-40H2,1-25H3,(H,72,86)(H,73,85)(H,74,88)(H,75,87)/b31-29+/t47-,48+,49-,52+,53+,54+,55+,57+,58?,59+,60+,61-/m1/s1. The summed E-state index contributed by atoms with van der Waals surface area (Å²) < 4.78 is 29.4. The fraction of sp³-hybridized carbons (Fsp3) is 0.732. The van der Waals surface area contributed by atoms with Crippen LogP contribution in [0, 0.1) is 41.4 Å². The van der Waals surface area contributed by atoms with E-state index in [-0.39, 0.29) is 69.4 Å². The van der Waals surface area contributed by atoms with Crippen LogP contribution in [-0.4, -0.2) is 246 Å². The number of aliphatic hydroxyl groups is 1. The molecule has 1 aliphatic heterocycles. The SMILES string of the molecule is CCOP(=O)(COc1ccc(/C=C/C[C@@H](C)[C@@H](O)[C@H]2C(=O)N[C@@H](CC)C(=O)N(C)CC(=O)N(C)[C@@H](CC(C)C)C(=O)N[C@@H](C(C)C)C(=O)N(C)[C@@H](CC(C)C)C(=O)N[C@@H](C)C(=O)N[C@H](C)C(=O)N(C)[C@@H](CC(C)C)C(=O)N(C)C(C(C)C)C(=O)N(C)[C@@H](C(C)C)C(=O)N2C)cc1)OCC. The summed E-state index contributed by atoms with van der Waals surface area (Å²) in [4.78, 5) is 170. The Kier molecular flexibility index (Phi) is 36.0. The summed E-state index contributed by atoms with van der Waals surface area (Å²) in [6.07, 6.45) is 2.14. The summed E-state index contributed by atoms with van der Waals surface area (Å²) in [5, 5.41) is 23.5. The topological polar surface area (TPSA) is 324 Å². The number of hydrogen-bond acceptors (Lipinski definition) is 16. The molecule has 0 aromatic heterocycles. The highest BCUT2D eigenvalue weighted by Gasteiger charge is 2.46. The van der Waals surface area contributed by atoms with Crippen molar-refractivity contribution >= 4 is 78.7 Å². The number of allylic oxidation sites excluding steroid dienone is 1. The maximum atomic E-state index is 15.4. The molecule has 1 fully saturated rings. The van der Waals surface area contributed by atoms with Gasteiger partial charge in [0.15, 0.2) is 6.35 Å². The predicted octanol–water partition coefficient (Wildman–Crippen LogP) is 5.62. The third-order valence-electron chi connectivity index (χ3n) is 17.9. The average Bonchev–Trinajstić information content (AvgIpc) is 0.800. The normalized spacial score (nSPS) is 24.9. The van der Waals surface area contributed by atoms with E-state index in [9.17, 15) is 43.2 Å². The van der Waals surface area contributed by atoms with E-state index in [0.29, 0.717) is 5.75 Å². The second-order valence-corrected chi connectivity index (χ2v) is 30.8. The molecular formula is C71H122N11O16P. The zero-order valence-electron chi connectivity index (χ0n) is 63.9. The monoisotopic (exact) mass is 1420 g/mol. The molecule has 27 nitrogen and oxygen atoms in total. The molecule has 1 unspecified atom stereocenters. The molecule has 562 valence electrons. The number of rotatable bonds is 22. The van der Waals surface area contributed by atoms with Crippen LogP contribution >= 0.6 is 7.60 Å². The van der Waals surface area contributed by atoms with Gasteiger partial charge in [0.25, 0.3) is 0 Å². The molecule has 1 saturated heterocycles. The van der Waals surface area contributed by atoms with Crippen molar-refractivity contribution in [3.05, 3.63) is 35.9 Å². The molecule has 11 amide bonds. The molecule has 1 aliphatic rings. The number of amides is 11. The van der Waals surface area contributed by atoms with Crippen LogP contribution in [0.1, 0.15) is 162 Å². The maximum Gasteiger partial charge on any atom is 0.367 e. The van der Waals surface area contributed by atoms with Gasteiger partial charge < -0.3 is 74.5 Å². The van der Waals surface area contributed by atoms with Crippen LogP contribution in [0.15, 0.2) is 30.3 Å². The molecule has 0 aliphatic carbocycles. The van der Waals surface area contributed by atoms with Gasteiger partial charge in [0.1, 0.15) is 66.2 Å². The lowest BCUT2D eigenvalue weighted by molar-refractivity contribution is -0.158. The molecule has 28 heteroatoms. The van der Waals surface area contributed by atoms with Crippen molar-refractivity contribution in [2.75, 3.05) is 75.4 Å². The maximum absolute atomic E-state index is 15.4. The summed E-state index contributed by atoms with van der Waals surface area (Å²) in [6.45, 7) is 30.7. The van der Waals surface area contributed by atoms with Crippen molar-refractivity contribution in [3.8, 4) is 5.75 Å². The van der Waals surface area contributed by atoms with Crippen LogP contribution in [0.3, 0.4) is 0 Å². The van der Waals surface area contributed by atoms with Crippen molar-refractivity contribution < 1.29 is 76.2 Å². The fourth-order valence-corrected chi connectivity index (χ4v) is 13.4. The fourth-order valence-electron chi connectivity index (χ4n) is 12.1. The Balaban J connectivity index is 2.95. The summed E-state index contributed by atoms with van der Waals surface area (Å²) >= 11 is 0. The first-order chi connectivity index (χ1) is 45.9. The Bertz CT molecular complexity index is 2950. The zero-order chi connectivity index (χ0) is 76.0. The molecule has 5 N–H and O–H groups in total. The van der Waals surface area contributed by atoms with E-state index in [0.717, 1.165) is 15.4 Å². The highest BCUT2D eigenvalue weighted by Crippen LogP contribution is 2.48. The van der Waals surface area contributed by atoms with Crippen LogP contribution in [0.5, 0.6) is 5.75 Å². The Hall–Kier alpha value is -6.96. The number of aliphatic hydroxyl groups excluding tert-OH is 1. The van der Waals surface area contributed by atoms with E-state index in [1.54, 1.807) is 106 Å². The van der Waals surface area contributed by atoms with Gasteiger partial charge in [-0.1, -0.05) is 121 Å². The van der Waals surface area contributed by atoms with Gasteiger partial charge >= 0.3 is 7.60 Å². The van der Waals surface area contributed by atoms with Crippen molar-refractivity contribution in [1.29, 1.82) is 0 Å². The van der Waals surface area contributed by atoms with E-state index in [4.69, 9.17) is 13.8 Å². The third kappa shape index (κ3) is 25.3. The largest absolute Gasteiger partial charge is 0.481 e. The lowest BCUT2D eigenvalue weighted by Crippen LogP contribution is -2.64. The second kappa shape index (κ2) is 40.5. The van der Waals surface area contributed by atoms with Gasteiger partial charge in [-0.2, -0.15) is 0 Å². The van der Waals surface area contributed by atoms with Crippen LogP contribution in [0.2, 0.25) is 0 Å². The van der Waals surface area contributed by atoms with Gasteiger partial charge in [0.05, 0.1) is 25.9 Å². The summed E-state index contributed by atoms with van der Waals surface area (Å²) in [6, 6.07) is -5.96. The van der Waals surface area contributed by atoms with Crippen molar-refractivity contribution in [2.45, 2.75) is 223 Å². The van der Waals surface area contributed by atoms with Gasteiger partial charge in [-0.3, -0.25) is 57.3 Å². The first kappa shape index (κ1) is 88.1. The molecule has 0 spiro atoms. The highest BCUT2D eigenvalue weighted by molar-refractivity contribution is 7.53. The van der Waals surface area contributed by atoms with E-state index in [2.05, 4.69) is 21.3 Å². The number of ether oxygens (including phenoxy) is 1. The minimum Gasteiger partial charge on any atom is -0.481 e. The molecule has 1 heterocycles. The predicted molar refractivity (Wildman–Crippen MR) is 381 cm³/mol. The number of nitrogens with zero attached hydrogens (tertiary/aromatic N) is 7. The van der Waals surface area contributed by atoms with E-state index < -0.39 is 169 Å². The second-order valence-electron chi connectivity index (χ2n) is 28.8. The van der Waals surface area contributed by atoms with Gasteiger partial charge in [0.2, 0.25) is 65.0 Å². The van der Waals surface area contributed by atoms with Gasteiger partial charge in [-0.05, 0) is 119 Å². The molecule has 0 bridgehead atoms. The van der Waals surface area contributed by atoms with Gasteiger partial charge in [-0.25, -0.2) is 0 Å². The van der Waals surface area contributed by atoms with Gasteiger partial charge in [-0.15, -0.1) is 0 Å². The van der Waals surface area contributed by atoms with Crippen LogP contribution in [-0.2, 0) is 66.4 Å². The molecule has 1 aromatic rings. The number of benzene rings is 1. The first-order valence-corrected chi connectivity index (χ1v) is 36.7. The molecule has 0 radical (unpaired) electrons. The molecule has 2 rings (SSSR count). The smallest absolute Gasteiger partial charge is 0.367 e. The number of carbonyl (C=O) groups excluding carboxylic acids is 11. The molecule has 99 heavy (non-hydrogen) atoms. The zero-order valence-corrected chi connectivity index (χ0v) is 64.8. The van der Waals surface area contributed by atoms with Crippen LogP contribution < -0.4 is 26.0 Å². The van der Waals surface area contributed by atoms with Crippen LogP contribution in [0.4, 0.5) is 0 Å². The summed E-state index contributed by atoms with van der Waals surface area (Å²) in [7, 11) is 6.28. The number of carbonyl (C=O) groups is 11. The Morgan fingerprint density at radius 1 is 0.505 bits per heavy atom. The third-order valence-corrected chi connectivity index (χ3v) is 19.7. The number of hydrogen-bond donors (Lipinski definition) is 5. The Morgan fingerprint density at radius 3 is 1.41 bits per heavy atom. The lowest BCUT2D eigenvalue weighted by atomic mass is 9.91. The minimum absolute atomic E-state index is 0.0270. The van der Waals surface area contributed by atoms with Crippen molar-refractivity contribution in [1.82, 2.24) is 55.6 Å². The molecule has 1 aromatic carbocycles. The average molecular weight is 1420 g/mol. The van der Waals surface area contributed by atoms with E-state index in [1.807, 2.05) is 41.5 Å². The lowest BCUT2D eigenvalue weighted by Gasteiger charge is -2.42. The Morgan fingerprint density at radius 2 is 0.949 bits per heavy atom. The van der Waals surface area contributed by atoms with Crippen molar-refractivity contribution in [3.63, 3.8) is 0 Å². The number of likely N-dealkylation sites (N-methyl/N-ethyl adjacent to an activating group) is 7. The highest BCUT2D eigenvalue weighted by atomic mass is 31.2. The Labute approximate surface area is 589 Å². The van der Waals surface area contributed by atoms with E-state index >= 15 is 19.2 Å². The molecule has 0 saturated carbocycles. The van der Waals surface area contributed by atoms with E-state index in [1.165, 1.54) is 87.7 Å². The van der Waals surface area contributed by atoms with Gasteiger partial charge in [0, 0.05) is 49.3 Å². The minimum atomic E-state index is -3.49. The van der Waals surface area contributed by atoms with Crippen molar-refractivity contribution in [2.24, 2.45) is 41.4 Å². The summed E-state index contributed by atoms with van der Waals surface area (Å²) in [5.74, 6) is -10.4. The summed E-state index contributed by atoms with van der Waals surface area (Å²) in [5.41, 5.74) is 0.721. The van der Waals surface area contributed by atoms with Crippen LogP contribution in [0.25, 0.3) is 6.08 Å². The number of nitrogens with one attached hydrogen (secondary N) is 4. The first-order valence-electron chi connectivity index (χ1n) is 35.0. The molecule has 12 atom stereocenters. The quantitative estimate of drug-likeness (QED) is 0.0880. The molecular weight excluding hydrogens is 1290 g/mol.